The van der Waals surface area contributed by atoms with Crippen molar-refractivity contribution in [2.75, 3.05) is 19.8 Å². The van der Waals surface area contributed by atoms with Crippen LogP contribution in [0.4, 0.5) is 0 Å². The van der Waals surface area contributed by atoms with Gasteiger partial charge in [0.15, 0.2) is 0 Å². The van der Waals surface area contributed by atoms with Crippen LogP contribution in [-0.4, -0.2) is 31.6 Å². The van der Waals surface area contributed by atoms with E-state index in [0.29, 0.717) is 30.9 Å². The molecule has 0 aromatic heterocycles. The van der Waals surface area contributed by atoms with Gasteiger partial charge in [-0.15, -0.1) is 0 Å². The van der Waals surface area contributed by atoms with Gasteiger partial charge in [-0.1, -0.05) is 11.6 Å². The summed E-state index contributed by atoms with van der Waals surface area (Å²) in [6.07, 6.45) is 2.67. The molecule has 1 saturated heterocycles. The van der Waals surface area contributed by atoms with Gasteiger partial charge in [0.1, 0.15) is 19.0 Å². The van der Waals surface area contributed by atoms with E-state index < -0.39 is 5.97 Å². The third-order valence-corrected chi connectivity index (χ3v) is 3.39. The van der Waals surface area contributed by atoms with Crippen LogP contribution in [0.3, 0.4) is 0 Å². The van der Waals surface area contributed by atoms with Crippen molar-refractivity contribution >= 4 is 11.9 Å². The number of hydrogen-bond acceptors (Lipinski definition) is 4. The summed E-state index contributed by atoms with van der Waals surface area (Å²) < 4.78 is 10.8. The Labute approximate surface area is 130 Å². The van der Waals surface area contributed by atoms with Crippen molar-refractivity contribution in [3.05, 3.63) is 41.5 Å². The van der Waals surface area contributed by atoms with E-state index >= 15 is 0 Å². The maximum absolute atomic E-state index is 12.0. The molecular weight excluding hydrogens is 282 g/mol. The van der Waals surface area contributed by atoms with Crippen LogP contribution in [0.5, 0.6) is 5.75 Å². The second-order valence-corrected chi connectivity index (χ2v) is 5.50. The van der Waals surface area contributed by atoms with Crippen LogP contribution < -0.4 is 10.1 Å². The molecule has 0 spiro atoms. The molecule has 1 aliphatic rings. The van der Waals surface area contributed by atoms with E-state index in [1.165, 1.54) is 5.57 Å². The number of carbonyl (C=O) groups excluding carboxylic acids is 2. The quantitative estimate of drug-likeness (QED) is 0.647. The van der Waals surface area contributed by atoms with E-state index in [2.05, 4.69) is 5.32 Å². The maximum Gasteiger partial charge on any atom is 0.338 e. The Balaban J connectivity index is 1.89. The predicted octanol–water partition coefficient (Wildman–Crippen LogP) is 2.32. The molecule has 5 nitrogen and oxygen atoms in total. The van der Waals surface area contributed by atoms with Crippen molar-refractivity contribution < 1.29 is 19.1 Å². The highest BCUT2D eigenvalue weighted by Gasteiger charge is 2.25. The van der Waals surface area contributed by atoms with Gasteiger partial charge in [0.2, 0.25) is 5.91 Å². The zero-order valence-corrected chi connectivity index (χ0v) is 12.9. The van der Waals surface area contributed by atoms with Crippen molar-refractivity contribution in [1.29, 1.82) is 0 Å². The zero-order valence-electron chi connectivity index (χ0n) is 12.9. The average molecular weight is 303 g/mol. The van der Waals surface area contributed by atoms with E-state index in [-0.39, 0.29) is 18.4 Å². The predicted molar refractivity (Wildman–Crippen MR) is 82.8 cm³/mol. The molecule has 1 heterocycles. The number of carbonyl (C=O) groups is 2. The fraction of sp³-hybridized carbons (Fsp3) is 0.412. The van der Waals surface area contributed by atoms with E-state index in [1.54, 1.807) is 24.3 Å². The summed E-state index contributed by atoms with van der Waals surface area (Å²) in [7, 11) is 0. The summed E-state index contributed by atoms with van der Waals surface area (Å²) in [4.78, 5) is 23.4. The normalized spacial score (nSPS) is 16.8. The van der Waals surface area contributed by atoms with Crippen LogP contribution in [0.1, 0.15) is 30.6 Å². The summed E-state index contributed by atoms with van der Waals surface area (Å²) in [6.45, 7) is 5.22. The molecule has 1 fully saturated rings. The van der Waals surface area contributed by atoms with Gasteiger partial charge in [0.25, 0.3) is 0 Å². The van der Waals surface area contributed by atoms with Crippen molar-refractivity contribution in [2.45, 2.75) is 20.3 Å². The molecule has 118 valence electrons. The molecule has 1 N–H and O–H groups in total. The van der Waals surface area contributed by atoms with Crippen LogP contribution >= 0.6 is 0 Å². The third-order valence-electron chi connectivity index (χ3n) is 3.39. The van der Waals surface area contributed by atoms with Crippen LogP contribution in [0.25, 0.3) is 0 Å². The van der Waals surface area contributed by atoms with Crippen LogP contribution in [-0.2, 0) is 9.53 Å². The Bertz CT molecular complexity index is 576. The number of esters is 1. The van der Waals surface area contributed by atoms with Crippen LogP contribution in [0, 0.1) is 5.92 Å². The van der Waals surface area contributed by atoms with Gasteiger partial charge in [0, 0.05) is 6.54 Å². The molecule has 0 bridgehead atoms. The molecule has 1 amide bonds. The number of ether oxygens (including phenoxy) is 2. The largest absolute Gasteiger partial charge is 0.490 e. The lowest BCUT2D eigenvalue weighted by Crippen LogP contribution is -2.23. The number of allylic oxidation sites excluding steroid dienone is 1. The highest BCUT2D eigenvalue weighted by atomic mass is 16.5. The van der Waals surface area contributed by atoms with E-state index in [9.17, 15) is 9.59 Å². The van der Waals surface area contributed by atoms with Gasteiger partial charge < -0.3 is 14.8 Å². The van der Waals surface area contributed by atoms with Gasteiger partial charge >= 0.3 is 5.97 Å². The molecule has 1 aromatic rings. The summed E-state index contributed by atoms with van der Waals surface area (Å²) in [5.74, 6) is -0.106. The van der Waals surface area contributed by atoms with Crippen molar-refractivity contribution in [3.8, 4) is 5.75 Å². The molecule has 0 saturated carbocycles. The number of benzene rings is 1. The van der Waals surface area contributed by atoms with E-state index in [1.807, 2.05) is 19.9 Å². The van der Waals surface area contributed by atoms with Gasteiger partial charge in [-0.2, -0.15) is 0 Å². The summed E-state index contributed by atoms with van der Waals surface area (Å²) in [6, 6.07) is 6.86. The lowest BCUT2D eigenvalue weighted by atomic mass is 10.1. The Morgan fingerprint density at radius 1 is 1.41 bits per heavy atom. The second kappa shape index (κ2) is 7.64. The first-order chi connectivity index (χ1) is 10.6. The zero-order chi connectivity index (χ0) is 15.9. The number of hydrogen-bond donors (Lipinski definition) is 1. The summed E-state index contributed by atoms with van der Waals surface area (Å²) >= 11 is 0. The fourth-order valence-corrected chi connectivity index (χ4v) is 2.08. The number of rotatable bonds is 6. The highest BCUT2D eigenvalue weighted by molar-refractivity contribution is 5.90. The van der Waals surface area contributed by atoms with Gasteiger partial charge in [-0.25, -0.2) is 4.79 Å². The van der Waals surface area contributed by atoms with E-state index in [0.717, 1.165) is 0 Å². The topological polar surface area (TPSA) is 64.6 Å². The molecule has 22 heavy (non-hydrogen) atoms. The molecule has 1 atom stereocenters. The Kier molecular flexibility index (Phi) is 5.58. The monoisotopic (exact) mass is 303 g/mol. The Morgan fingerprint density at radius 3 is 2.91 bits per heavy atom. The van der Waals surface area contributed by atoms with Gasteiger partial charge in [-0.05, 0) is 44.5 Å². The minimum atomic E-state index is -0.438. The average Bonchev–Trinajstić information content (AvgIpc) is 2.90. The van der Waals surface area contributed by atoms with Crippen molar-refractivity contribution in [2.24, 2.45) is 5.92 Å². The Morgan fingerprint density at radius 2 is 2.23 bits per heavy atom. The molecule has 5 heteroatoms. The minimum Gasteiger partial charge on any atom is -0.490 e. The minimum absolute atomic E-state index is 0.0494. The molecule has 1 aromatic carbocycles. The van der Waals surface area contributed by atoms with Gasteiger partial charge in [-0.3, -0.25) is 4.79 Å². The van der Waals surface area contributed by atoms with E-state index in [4.69, 9.17) is 9.47 Å². The molecular formula is C17H21NO4. The van der Waals surface area contributed by atoms with Crippen LogP contribution in [0.15, 0.2) is 35.9 Å². The molecule has 0 radical (unpaired) electrons. The fourth-order valence-electron chi connectivity index (χ4n) is 2.08. The first kappa shape index (κ1) is 16.1. The highest BCUT2D eigenvalue weighted by Crippen LogP contribution is 2.16. The molecule has 0 aliphatic carbocycles. The smallest absolute Gasteiger partial charge is 0.338 e. The lowest BCUT2D eigenvalue weighted by Gasteiger charge is -2.09. The summed E-state index contributed by atoms with van der Waals surface area (Å²) in [5, 5.41) is 2.72. The molecule has 1 aliphatic heterocycles. The van der Waals surface area contributed by atoms with Crippen LogP contribution in [0.2, 0.25) is 0 Å². The Hall–Kier alpha value is -2.30. The lowest BCUT2D eigenvalue weighted by molar-refractivity contribution is -0.123. The van der Waals surface area contributed by atoms with Crippen molar-refractivity contribution in [1.82, 2.24) is 5.32 Å². The maximum atomic E-state index is 12.0. The molecule has 1 unspecified atom stereocenters. The number of amides is 1. The van der Waals surface area contributed by atoms with Crippen molar-refractivity contribution in [3.63, 3.8) is 0 Å². The standard InChI is InChI=1S/C17H21NO4/c1-12(2)7-9-21-15-5-3-4-13(10-15)17(20)22-11-14-6-8-18-16(14)19/h3-5,7,10,14H,6,8-9,11H2,1-2H3,(H,18,19). The molecule has 2 rings (SSSR count). The summed E-state index contributed by atoms with van der Waals surface area (Å²) in [5.41, 5.74) is 1.60. The third kappa shape index (κ3) is 4.62. The SMILES string of the molecule is CC(C)=CCOc1cccc(C(=O)OCC2CCNC2=O)c1. The number of nitrogens with one attached hydrogen (secondary N) is 1. The second-order valence-electron chi connectivity index (χ2n) is 5.50. The van der Waals surface area contributed by atoms with Gasteiger partial charge in [0.05, 0.1) is 11.5 Å². The first-order valence-electron chi connectivity index (χ1n) is 7.37. The first-order valence-corrected chi connectivity index (χ1v) is 7.37.